The summed E-state index contributed by atoms with van der Waals surface area (Å²) in [5.41, 5.74) is 0.288. The molecule has 0 aromatic rings. The van der Waals surface area contributed by atoms with Crippen molar-refractivity contribution < 1.29 is 9.47 Å². The molecule has 0 aromatic carbocycles. The lowest BCUT2D eigenvalue weighted by atomic mass is 9.99. The second-order valence-electron chi connectivity index (χ2n) is 7.90. The van der Waals surface area contributed by atoms with Crippen molar-refractivity contribution in [1.29, 1.82) is 0 Å². The van der Waals surface area contributed by atoms with Gasteiger partial charge in [-0.2, -0.15) is 0 Å². The van der Waals surface area contributed by atoms with Gasteiger partial charge in [-0.1, -0.05) is 0 Å². The maximum absolute atomic E-state index is 5.99. The number of ether oxygens (including phenoxy) is 2. The second-order valence-corrected chi connectivity index (χ2v) is 7.90. The molecule has 1 saturated heterocycles. The van der Waals surface area contributed by atoms with Crippen LogP contribution in [0, 0.1) is 0 Å². The van der Waals surface area contributed by atoms with Crippen LogP contribution in [-0.4, -0.2) is 48.4 Å². The van der Waals surface area contributed by atoms with Crippen molar-refractivity contribution in [2.24, 2.45) is 0 Å². The first-order valence-electron chi connectivity index (χ1n) is 8.19. The summed E-state index contributed by atoms with van der Waals surface area (Å²) in [6.07, 6.45) is 5.02. The Morgan fingerprint density at radius 2 is 1.45 bits per heavy atom. The molecule has 20 heavy (non-hydrogen) atoms. The Balaban J connectivity index is 2.02. The first kappa shape index (κ1) is 17.9. The van der Waals surface area contributed by atoms with Crippen LogP contribution in [0.25, 0.3) is 0 Å². The van der Waals surface area contributed by atoms with Crippen molar-refractivity contribution in [1.82, 2.24) is 4.90 Å². The van der Waals surface area contributed by atoms with E-state index in [1.54, 1.807) is 0 Å². The summed E-state index contributed by atoms with van der Waals surface area (Å²) < 4.78 is 11.7. The third-order valence-electron chi connectivity index (χ3n) is 3.82. The van der Waals surface area contributed by atoms with Crippen LogP contribution in [-0.2, 0) is 9.47 Å². The normalized spacial score (nSPS) is 19.5. The number of hydrogen-bond acceptors (Lipinski definition) is 3. The van der Waals surface area contributed by atoms with E-state index in [0.717, 1.165) is 26.1 Å². The highest BCUT2D eigenvalue weighted by molar-refractivity contribution is 4.82. The molecule has 3 heteroatoms. The maximum atomic E-state index is 5.99. The Morgan fingerprint density at radius 3 is 1.95 bits per heavy atom. The van der Waals surface area contributed by atoms with Gasteiger partial charge in [0.1, 0.15) is 0 Å². The number of hydrogen-bond donors (Lipinski definition) is 0. The van der Waals surface area contributed by atoms with Gasteiger partial charge in [0.15, 0.2) is 0 Å². The van der Waals surface area contributed by atoms with Crippen LogP contribution >= 0.6 is 0 Å². The molecule has 0 spiro atoms. The highest BCUT2D eigenvalue weighted by atomic mass is 16.5. The molecule has 0 bridgehead atoms. The van der Waals surface area contributed by atoms with Crippen LogP contribution in [0.4, 0.5) is 0 Å². The summed E-state index contributed by atoms with van der Waals surface area (Å²) in [4.78, 5) is 2.56. The zero-order chi connectivity index (χ0) is 15.2. The highest BCUT2D eigenvalue weighted by Gasteiger charge is 2.27. The quantitative estimate of drug-likeness (QED) is 0.692. The molecule has 0 aliphatic carbocycles. The summed E-state index contributed by atoms with van der Waals surface area (Å²) in [5, 5.41) is 0. The fourth-order valence-corrected chi connectivity index (χ4v) is 2.53. The molecule has 0 unspecified atom stereocenters. The number of likely N-dealkylation sites (tertiary alicyclic amines) is 1. The molecule has 0 saturated carbocycles. The SMILES string of the molecule is CC(C)(C)OCCCCOC1CCN(C(C)(C)C)CC1. The molecule has 1 rings (SSSR count). The Bertz CT molecular complexity index is 257. The van der Waals surface area contributed by atoms with E-state index < -0.39 is 0 Å². The first-order valence-corrected chi connectivity index (χ1v) is 8.19. The predicted molar refractivity (Wildman–Crippen MR) is 85.2 cm³/mol. The minimum atomic E-state index is -0.0133. The Labute approximate surface area is 126 Å². The lowest BCUT2D eigenvalue weighted by Gasteiger charge is -2.40. The van der Waals surface area contributed by atoms with E-state index in [1.807, 2.05) is 0 Å². The molecular formula is C17H35NO2. The fraction of sp³-hybridized carbons (Fsp3) is 1.00. The second kappa shape index (κ2) is 7.77. The van der Waals surface area contributed by atoms with Crippen molar-refractivity contribution in [2.45, 2.75) is 84.5 Å². The van der Waals surface area contributed by atoms with Crippen LogP contribution in [0.1, 0.15) is 67.2 Å². The van der Waals surface area contributed by atoms with Gasteiger partial charge in [-0.05, 0) is 67.2 Å². The molecular weight excluding hydrogens is 250 g/mol. The average molecular weight is 285 g/mol. The van der Waals surface area contributed by atoms with Crippen LogP contribution in [0.5, 0.6) is 0 Å². The largest absolute Gasteiger partial charge is 0.378 e. The van der Waals surface area contributed by atoms with Crippen LogP contribution in [0.3, 0.4) is 0 Å². The van der Waals surface area contributed by atoms with E-state index in [4.69, 9.17) is 9.47 Å². The molecule has 120 valence electrons. The molecule has 1 aliphatic heterocycles. The lowest BCUT2D eigenvalue weighted by molar-refractivity contribution is -0.0251. The highest BCUT2D eigenvalue weighted by Crippen LogP contribution is 2.21. The van der Waals surface area contributed by atoms with Gasteiger partial charge in [0.2, 0.25) is 0 Å². The van der Waals surface area contributed by atoms with Crippen molar-refractivity contribution >= 4 is 0 Å². The Kier molecular flexibility index (Phi) is 6.96. The molecule has 3 nitrogen and oxygen atoms in total. The van der Waals surface area contributed by atoms with Crippen molar-refractivity contribution in [2.75, 3.05) is 26.3 Å². The maximum Gasteiger partial charge on any atom is 0.0599 e. The van der Waals surface area contributed by atoms with Crippen molar-refractivity contribution in [3.05, 3.63) is 0 Å². The fourth-order valence-electron chi connectivity index (χ4n) is 2.53. The van der Waals surface area contributed by atoms with E-state index in [9.17, 15) is 0 Å². The summed E-state index contributed by atoms with van der Waals surface area (Å²) >= 11 is 0. The van der Waals surface area contributed by atoms with Crippen LogP contribution in [0.2, 0.25) is 0 Å². The van der Waals surface area contributed by atoms with E-state index in [1.165, 1.54) is 25.9 Å². The smallest absolute Gasteiger partial charge is 0.0599 e. The van der Waals surface area contributed by atoms with E-state index in [-0.39, 0.29) is 5.60 Å². The van der Waals surface area contributed by atoms with Gasteiger partial charge in [-0.15, -0.1) is 0 Å². The first-order chi connectivity index (χ1) is 9.18. The zero-order valence-electron chi connectivity index (χ0n) is 14.5. The Hall–Kier alpha value is -0.120. The Morgan fingerprint density at radius 1 is 0.900 bits per heavy atom. The van der Waals surface area contributed by atoms with Gasteiger partial charge < -0.3 is 9.47 Å². The lowest BCUT2D eigenvalue weighted by Crippen LogP contribution is -2.47. The van der Waals surface area contributed by atoms with Crippen LogP contribution < -0.4 is 0 Å². The molecule has 0 amide bonds. The third-order valence-corrected chi connectivity index (χ3v) is 3.82. The van der Waals surface area contributed by atoms with Gasteiger partial charge in [0, 0.05) is 31.8 Å². The predicted octanol–water partition coefficient (Wildman–Crippen LogP) is 3.86. The van der Waals surface area contributed by atoms with Gasteiger partial charge in [0.25, 0.3) is 0 Å². The topological polar surface area (TPSA) is 21.7 Å². The van der Waals surface area contributed by atoms with Gasteiger partial charge in [-0.25, -0.2) is 0 Å². The number of rotatable bonds is 6. The number of piperidine rings is 1. The minimum Gasteiger partial charge on any atom is -0.378 e. The van der Waals surface area contributed by atoms with Gasteiger partial charge >= 0.3 is 0 Å². The van der Waals surface area contributed by atoms with E-state index >= 15 is 0 Å². The molecule has 1 aliphatic rings. The molecule has 0 radical (unpaired) electrons. The van der Waals surface area contributed by atoms with Crippen molar-refractivity contribution in [3.8, 4) is 0 Å². The third kappa shape index (κ3) is 7.61. The van der Waals surface area contributed by atoms with Crippen LogP contribution in [0.15, 0.2) is 0 Å². The van der Waals surface area contributed by atoms with Gasteiger partial charge in [-0.3, -0.25) is 4.90 Å². The summed E-state index contributed by atoms with van der Waals surface area (Å²) in [6.45, 7) is 17.3. The molecule has 0 atom stereocenters. The molecule has 1 fully saturated rings. The van der Waals surface area contributed by atoms with Crippen molar-refractivity contribution in [3.63, 3.8) is 0 Å². The van der Waals surface area contributed by atoms with E-state index in [2.05, 4.69) is 46.4 Å². The monoisotopic (exact) mass is 285 g/mol. The molecule has 0 N–H and O–H groups in total. The summed E-state index contributed by atoms with van der Waals surface area (Å²) in [6, 6.07) is 0. The zero-order valence-corrected chi connectivity index (χ0v) is 14.5. The molecule has 0 aromatic heterocycles. The average Bonchev–Trinajstić information content (AvgIpc) is 2.32. The number of nitrogens with zero attached hydrogens (tertiary/aromatic N) is 1. The number of unbranched alkanes of at least 4 members (excludes halogenated alkanes) is 1. The van der Waals surface area contributed by atoms with E-state index in [0.29, 0.717) is 11.6 Å². The minimum absolute atomic E-state index is 0.0133. The summed E-state index contributed by atoms with van der Waals surface area (Å²) in [7, 11) is 0. The summed E-state index contributed by atoms with van der Waals surface area (Å²) in [5.74, 6) is 0. The molecule has 1 heterocycles. The standard InChI is InChI=1S/C17H35NO2/c1-16(2,3)18-11-9-15(10-12-18)19-13-7-8-14-20-17(4,5)6/h15H,7-14H2,1-6H3. The van der Waals surface area contributed by atoms with Gasteiger partial charge in [0.05, 0.1) is 11.7 Å².